The number of hydrogen-bond donors (Lipinski definition) is 0. The van der Waals surface area contributed by atoms with E-state index in [2.05, 4.69) is 182 Å². The van der Waals surface area contributed by atoms with Crippen molar-refractivity contribution in [2.75, 3.05) is 0 Å². The van der Waals surface area contributed by atoms with Crippen LogP contribution in [0.15, 0.2) is 170 Å². The quantitative estimate of drug-likeness (QED) is 0.163. The third kappa shape index (κ3) is 5.83. The molecule has 0 atom stereocenters. The lowest BCUT2D eigenvalue weighted by molar-refractivity contribution is 1.67. The van der Waals surface area contributed by atoms with Crippen molar-refractivity contribution in [1.29, 1.82) is 0 Å². The van der Waals surface area contributed by atoms with E-state index in [4.69, 9.17) is 0 Å². The van der Waals surface area contributed by atoms with Crippen LogP contribution in [0.1, 0.15) is 11.1 Å². The molecule has 0 spiro atoms. The van der Waals surface area contributed by atoms with E-state index in [1.54, 1.807) is 0 Å². The average molecular weight is 547 g/mol. The summed E-state index contributed by atoms with van der Waals surface area (Å²) < 4.78 is 0. The molecule has 190 valence electrons. The fourth-order valence-electron chi connectivity index (χ4n) is 4.85. The normalized spacial score (nSPS) is 10.8. The zero-order valence-electron chi connectivity index (χ0n) is 22.1. The standard InChI is InChI=1S/C38H28P2/c1-5-19-33(20-6-1)39(34-21-7-2-8-22-34)37-27-15-13-17-31(37)29-30-32-18-14-16-28-38(32)40(35-23-9-3-10-24-35)36-25-11-4-12-26-36/h1-28H. The van der Waals surface area contributed by atoms with Crippen molar-refractivity contribution in [3.05, 3.63) is 181 Å². The second-order valence-electron chi connectivity index (χ2n) is 9.30. The molecule has 0 N–H and O–H groups in total. The van der Waals surface area contributed by atoms with Gasteiger partial charge < -0.3 is 0 Å². The second kappa shape index (κ2) is 12.7. The predicted molar refractivity (Wildman–Crippen MR) is 176 cm³/mol. The molecule has 40 heavy (non-hydrogen) atoms. The number of hydrogen-bond acceptors (Lipinski definition) is 0. The molecule has 0 amide bonds. The smallest absolute Gasteiger partial charge is 0.0332 e. The van der Waals surface area contributed by atoms with Gasteiger partial charge in [-0.1, -0.05) is 170 Å². The molecule has 0 nitrogen and oxygen atoms in total. The molecule has 0 aliphatic heterocycles. The van der Waals surface area contributed by atoms with E-state index >= 15 is 0 Å². The van der Waals surface area contributed by atoms with E-state index in [1.165, 1.54) is 31.8 Å². The summed E-state index contributed by atoms with van der Waals surface area (Å²) in [5.41, 5.74) is 2.17. The Morgan fingerprint density at radius 2 is 0.525 bits per heavy atom. The summed E-state index contributed by atoms with van der Waals surface area (Å²) in [6.45, 7) is 0. The molecule has 0 saturated heterocycles. The molecule has 2 heteroatoms. The van der Waals surface area contributed by atoms with Crippen molar-refractivity contribution in [3.8, 4) is 11.8 Å². The van der Waals surface area contributed by atoms with Crippen LogP contribution >= 0.6 is 15.8 Å². The first-order valence-electron chi connectivity index (χ1n) is 13.4. The first kappa shape index (κ1) is 26.0. The SMILES string of the molecule is C(#Cc1ccccc1P(c1ccccc1)c1ccccc1)c1ccccc1P(c1ccccc1)c1ccccc1. The van der Waals surface area contributed by atoms with Crippen molar-refractivity contribution >= 4 is 47.7 Å². The Morgan fingerprint density at radius 1 is 0.275 bits per heavy atom. The minimum atomic E-state index is -0.738. The molecule has 0 heterocycles. The fraction of sp³-hybridized carbons (Fsp3) is 0. The van der Waals surface area contributed by atoms with Crippen LogP contribution in [0.3, 0.4) is 0 Å². The summed E-state index contributed by atoms with van der Waals surface area (Å²) in [6.07, 6.45) is 0. The van der Waals surface area contributed by atoms with Gasteiger partial charge in [-0.15, -0.1) is 0 Å². The Kier molecular flexibility index (Phi) is 8.27. The van der Waals surface area contributed by atoms with E-state index < -0.39 is 15.8 Å². The molecule has 0 unspecified atom stereocenters. The van der Waals surface area contributed by atoms with Gasteiger partial charge in [0.25, 0.3) is 0 Å². The highest BCUT2D eigenvalue weighted by atomic mass is 31.1. The minimum absolute atomic E-state index is 0.738. The zero-order chi connectivity index (χ0) is 27.0. The Hall–Kier alpha value is -4.26. The fourth-order valence-corrected chi connectivity index (χ4v) is 9.65. The summed E-state index contributed by atoms with van der Waals surface area (Å²) >= 11 is 0. The van der Waals surface area contributed by atoms with Crippen molar-refractivity contribution in [3.63, 3.8) is 0 Å². The Morgan fingerprint density at radius 3 is 0.825 bits per heavy atom. The van der Waals surface area contributed by atoms with Gasteiger partial charge in [-0.2, -0.15) is 0 Å². The van der Waals surface area contributed by atoms with Gasteiger partial charge in [0.2, 0.25) is 0 Å². The van der Waals surface area contributed by atoms with E-state index in [0.717, 1.165) is 11.1 Å². The van der Waals surface area contributed by atoms with Gasteiger partial charge >= 0.3 is 0 Å². The molecule has 6 aromatic carbocycles. The van der Waals surface area contributed by atoms with Gasteiger partial charge in [0.05, 0.1) is 0 Å². The van der Waals surface area contributed by atoms with Crippen LogP contribution < -0.4 is 31.8 Å². The molecular formula is C38H28P2. The predicted octanol–water partition coefficient (Wildman–Crippen LogP) is 6.60. The van der Waals surface area contributed by atoms with Crippen LogP contribution in [0.2, 0.25) is 0 Å². The van der Waals surface area contributed by atoms with Crippen LogP contribution in [-0.4, -0.2) is 0 Å². The highest BCUT2D eigenvalue weighted by Crippen LogP contribution is 2.35. The van der Waals surface area contributed by atoms with Crippen molar-refractivity contribution in [1.82, 2.24) is 0 Å². The first-order chi connectivity index (χ1) is 19.9. The maximum atomic E-state index is 3.62. The molecule has 0 aliphatic rings. The summed E-state index contributed by atoms with van der Waals surface area (Å²) in [4.78, 5) is 0. The lowest BCUT2D eigenvalue weighted by Gasteiger charge is -2.21. The summed E-state index contributed by atoms with van der Waals surface area (Å²) in [7, 11) is -1.48. The van der Waals surface area contributed by atoms with Crippen molar-refractivity contribution < 1.29 is 0 Å². The van der Waals surface area contributed by atoms with Gasteiger partial charge in [0.15, 0.2) is 0 Å². The van der Waals surface area contributed by atoms with Crippen LogP contribution in [0, 0.1) is 11.8 Å². The molecular weight excluding hydrogens is 518 g/mol. The molecule has 0 radical (unpaired) electrons. The summed E-state index contributed by atoms with van der Waals surface area (Å²) in [5, 5.41) is 7.89. The Labute approximate surface area is 239 Å². The molecule has 6 aromatic rings. The molecule has 0 fully saturated rings. The van der Waals surface area contributed by atoms with Gasteiger partial charge in [-0.3, -0.25) is 0 Å². The summed E-state index contributed by atoms with van der Waals surface area (Å²) in [6, 6.07) is 60.7. The topological polar surface area (TPSA) is 0 Å². The maximum Gasteiger partial charge on any atom is 0.0332 e. The van der Waals surface area contributed by atoms with Gasteiger partial charge in [0, 0.05) is 21.7 Å². The third-order valence-corrected chi connectivity index (χ3v) is 11.7. The van der Waals surface area contributed by atoms with Crippen LogP contribution in [-0.2, 0) is 0 Å². The molecule has 0 saturated carbocycles. The Bertz CT molecular complexity index is 1530. The van der Waals surface area contributed by atoms with Crippen molar-refractivity contribution in [2.45, 2.75) is 0 Å². The van der Waals surface area contributed by atoms with Crippen LogP contribution in [0.4, 0.5) is 0 Å². The minimum Gasteiger partial charge on any atom is -0.0622 e. The molecule has 6 rings (SSSR count). The van der Waals surface area contributed by atoms with E-state index in [9.17, 15) is 0 Å². The zero-order valence-corrected chi connectivity index (χ0v) is 23.8. The third-order valence-electron chi connectivity index (χ3n) is 6.68. The highest BCUT2D eigenvalue weighted by Gasteiger charge is 2.20. The lowest BCUT2D eigenvalue weighted by Crippen LogP contribution is -2.23. The van der Waals surface area contributed by atoms with Gasteiger partial charge in [0.1, 0.15) is 0 Å². The lowest BCUT2D eigenvalue weighted by atomic mass is 10.2. The molecule has 0 bridgehead atoms. The summed E-state index contributed by atoms with van der Waals surface area (Å²) in [5.74, 6) is 7.25. The van der Waals surface area contributed by atoms with Crippen LogP contribution in [0.5, 0.6) is 0 Å². The highest BCUT2D eigenvalue weighted by molar-refractivity contribution is 7.80. The monoisotopic (exact) mass is 546 g/mol. The first-order valence-corrected chi connectivity index (χ1v) is 16.1. The van der Waals surface area contributed by atoms with E-state index in [-0.39, 0.29) is 0 Å². The van der Waals surface area contributed by atoms with E-state index in [1.807, 2.05) is 0 Å². The van der Waals surface area contributed by atoms with Gasteiger partial charge in [-0.25, -0.2) is 0 Å². The Balaban J connectivity index is 1.47. The molecule has 0 aromatic heterocycles. The molecule has 0 aliphatic carbocycles. The average Bonchev–Trinajstić information content (AvgIpc) is 3.04. The van der Waals surface area contributed by atoms with Gasteiger partial charge in [-0.05, 0) is 49.2 Å². The maximum absolute atomic E-state index is 3.62. The number of rotatable bonds is 6. The van der Waals surface area contributed by atoms with Crippen molar-refractivity contribution in [2.24, 2.45) is 0 Å². The van der Waals surface area contributed by atoms with E-state index in [0.29, 0.717) is 0 Å². The van der Waals surface area contributed by atoms with Crippen LogP contribution in [0.25, 0.3) is 0 Å². The largest absolute Gasteiger partial charge is 0.0622 e. The number of benzene rings is 6. The second-order valence-corrected chi connectivity index (χ2v) is 13.7.